The van der Waals surface area contributed by atoms with Crippen molar-refractivity contribution in [1.82, 2.24) is 19.8 Å². The van der Waals surface area contributed by atoms with Crippen LogP contribution in [0.5, 0.6) is 0 Å². The molecule has 0 spiro atoms. The van der Waals surface area contributed by atoms with Gasteiger partial charge in [-0.2, -0.15) is 0 Å². The molecule has 0 aliphatic carbocycles. The van der Waals surface area contributed by atoms with Crippen molar-refractivity contribution in [2.75, 3.05) is 13.1 Å². The number of imidazole rings is 1. The fourth-order valence-electron chi connectivity index (χ4n) is 3.56. The van der Waals surface area contributed by atoms with Crippen molar-refractivity contribution < 1.29 is 4.79 Å². The summed E-state index contributed by atoms with van der Waals surface area (Å²) in [6.07, 6.45) is 9.99. The van der Waals surface area contributed by atoms with Crippen LogP contribution < -0.4 is 5.32 Å². The van der Waals surface area contributed by atoms with Crippen molar-refractivity contribution in [3.05, 3.63) is 54.1 Å². The van der Waals surface area contributed by atoms with E-state index in [0.717, 1.165) is 44.5 Å². The van der Waals surface area contributed by atoms with E-state index in [4.69, 9.17) is 0 Å². The number of rotatable bonds is 6. The Kier molecular flexibility index (Phi) is 6.09. The minimum Gasteiger partial charge on any atom is -0.338 e. The number of piperidine rings is 1. The van der Waals surface area contributed by atoms with Crippen LogP contribution in [0.2, 0.25) is 0 Å². The van der Waals surface area contributed by atoms with Crippen LogP contribution in [0.15, 0.2) is 42.7 Å². The summed E-state index contributed by atoms with van der Waals surface area (Å²) in [5, 5.41) is 3.10. The molecular formula is C20H28N4O. The third-order valence-corrected chi connectivity index (χ3v) is 5.04. The number of hydrogen-bond donors (Lipinski definition) is 1. The minimum absolute atomic E-state index is 0.0838. The monoisotopic (exact) mass is 340 g/mol. The van der Waals surface area contributed by atoms with E-state index in [1.807, 2.05) is 42.5 Å². The molecule has 2 aromatic rings. The summed E-state index contributed by atoms with van der Waals surface area (Å²) in [5.74, 6) is 1.09. The molecule has 25 heavy (non-hydrogen) atoms. The maximum atomic E-state index is 12.6. The molecule has 1 atom stereocenters. The van der Waals surface area contributed by atoms with E-state index >= 15 is 0 Å². The summed E-state index contributed by atoms with van der Waals surface area (Å²) in [6.45, 7) is 1.55. The number of carbonyl (C=O) groups is 1. The Morgan fingerprint density at radius 1 is 1.24 bits per heavy atom. The van der Waals surface area contributed by atoms with Gasteiger partial charge >= 0.3 is 6.03 Å². The number of nitrogens with zero attached hydrogens (tertiary/aromatic N) is 3. The van der Waals surface area contributed by atoms with E-state index in [0.29, 0.717) is 12.6 Å². The lowest BCUT2D eigenvalue weighted by molar-refractivity contribution is 0.146. The number of aryl methyl sites for hydroxylation is 2. The molecule has 0 radical (unpaired) electrons. The Hall–Kier alpha value is -2.30. The van der Waals surface area contributed by atoms with E-state index in [9.17, 15) is 4.79 Å². The summed E-state index contributed by atoms with van der Waals surface area (Å²) >= 11 is 0. The van der Waals surface area contributed by atoms with Crippen LogP contribution >= 0.6 is 0 Å². The Morgan fingerprint density at radius 3 is 2.84 bits per heavy atom. The number of aromatic nitrogens is 2. The average Bonchev–Trinajstić information content (AvgIpc) is 3.06. The molecule has 1 fully saturated rings. The van der Waals surface area contributed by atoms with Crippen LogP contribution in [0.25, 0.3) is 0 Å². The number of amides is 2. The molecule has 3 rings (SSSR count). The first kappa shape index (κ1) is 17.5. The van der Waals surface area contributed by atoms with Crippen molar-refractivity contribution in [2.45, 2.75) is 44.6 Å². The van der Waals surface area contributed by atoms with Crippen molar-refractivity contribution in [2.24, 2.45) is 7.05 Å². The second-order valence-electron chi connectivity index (χ2n) is 6.80. The van der Waals surface area contributed by atoms with Gasteiger partial charge in [0.05, 0.1) is 0 Å². The van der Waals surface area contributed by atoms with Crippen molar-refractivity contribution in [3.8, 4) is 0 Å². The van der Waals surface area contributed by atoms with Gasteiger partial charge in [-0.3, -0.25) is 0 Å². The van der Waals surface area contributed by atoms with Crippen molar-refractivity contribution >= 4 is 6.03 Å². The zero-order valence-electron chi connectivity index (χ0n) is 15.0. The van der Waals surface area contributed by atoms with E-state index in [1.165, 1.54) is 12.0 Å². The zero-order valence-corrected chi connectivity index (χ0v) is 15.0. The standard InChI is InChI=1S/C20H28N4O/c1-23-16-14-21-19(23)11-10-18-9-5-6-15-24(18)20(25)22-13-12-17-7-3-2-4-8-17/h2-4,7-8,14,16,18H,5-6,9-13,15H2,1H3,(H,22,25)/t18-/m1/s1. The highest BCUT2D eigenvalue weighted by Gasteiger charge is 2.26. The largest absolute Gasteiger partial charge is 0.338 e. The van der Waals surface area contributed by atoms with Gasteiger partial charge in [-0.1, -0.05) is 30.3 Å². The fourth-order valence-corrected chi connectivity index (χ4v) is 3.56. The Morgan fingerprint density at radius 2 is 2.08 bits per heavy atom. The topological polar surface area (TPSA) is 50.2 Å². The van der Waals surface area contributed by atoms with Crippen LogP contribution in [0.3, 0.4) is 0 Å². The van der Waals surface area contributed by atoms with Crippen LogP contribution in [0.1, 0.15) is 37.1 Å². The summed E-state index contributed by atoms with van der Waals surface area (Å²) in [5.41, 5.74) is 1.26. The van der Waals surface area contributed by atoms with Gasteiger partial charge in [-0.25, -0.2) is 9.78 Å². The Balaban J connectivity index is 1.49. The molecule has 2 amide bonds. The predicted molar refractivity (Wildman–Crippen MR) is 99.4 cm³/mol. The summed E-state index contributed by atoms with van der Waals surface area (Å²) in [4.78, 5) is 19.1. The minimum atomic E-state index is 0.0838. The maximum absolute atomic E-state index is 12.6. The summed E-state index contributed by atoms with van der Waals surface area (Å²) in [7, 11) is 2.03. The zero-order chi connectivity index (χ0) is 17.5. The molecule has 134 valence electrons. The number of benzene rings is 1. The lowest BCUT2D eigenvalue weighted by atomic mass is 9.98. The molecule has 5 nitrogen and oxygen atoms in total. The fraction of sp³-hybridized carbons (Fsp3) is 0.500. The molecule has 1 aromatic heterocycles. The number of hydrogen-bond acceptors (Lipinski definition) is 2. The number of likely N-dealkylation sites (tertiary alicyclic amines) is 1. The smallest absolute Gasteiger partial charge is 0.317 e. The quantitative estimate of drug-likeness (QED) is 0.878. The molecule has 2 heterocycles. The van der Waals surface area contributed by atoms with Gasteiger partial charge in [0.2, 0.25) is 0 Å². The molecule has 1 saturated heterocycles. The molecule has 1 aromatic carbocycles. The number of urea groups is 1. The molecule has 1 aliphatic rings. The highest BCUT2D eigenvalue weighted by atomic mass is 16.2. The molecule has 0 saturated carbocycles. The molecule has 1 aliphatic heterocycles. The van der Waals surface area contributed by atoms with E-state index in [2.05, 4.69) is 27.0 Å². The van der Waals surface area contributed by atoms with Crippen LogP contribution in [0.4, 0.5) is 4.79 Å². The second kappa shape index (κ2) is 8.70. The van der Waals surface area contributed by atoms with Crippen LogP contribution in [-0.2, 0) is 19.9 Å². The maximum Gasteiger partial charge on any atom is 0.317 e. The van der Waals surface area contributed by atoms with Crippen molar-refractivity contribution in [1.29, 1.82) is 0 Å². The predicted octanol–water partition coefficient (Wildman–Crippen LogP) is 3.16. The van der Waals surface area contributed by atoms with Gasteiger partial charge < -0.3 is 14.8 Å². The van der Waals surface area contributed by atoms with E-state index < -0.39 is 0 Å². The Labute approximate surface area is 150 Å². The van der Waals surface area contributed by atoms with Crippen LogP contribution in [-0.4, -0.2) is 39.6 Å². The third-order valence-electron chi connectivity index (χ3n) is 5.04. The third kappa shape index (κ3) is 4.84. The van der Waals surface area contributed by atoms with Gasteiger partial charge in [0, 0.05) is 45.0 Å². The SMILES string of the molecule is Cn1ccnc1CC[C@H]1CCCCN1C(=O)NCCc1ccccc1. The molecule has 0 bridgehead atoms. The molecule has 1 N–H and O–H groups in total. The van der Waals surface area contributed by atoms with Crippen molar-refractivity contribution in [3.63, 3.8) is 0 Å². The first-order valence-electron chi connectivity index (χ1n) is 9.28. The van der Waals surface area contributed by atoms with Gasteiger partial charge in [0.1, 0.15) is 5.82 Å². The average molecular weight is 340 g/mol. The Bertz CT molecular complexity index is 667. The summed E-state index contributed by atoms with van der Waals surface area (Å²) in [6, 6.07) is 10.7. The number of carbonyl (C=O) groups excluding carboxylic acids is 1. The lowest BCUT2D eigenvalue weighted by Crippen LogP contribution is -2.49. The van der Waals surface area contributed by atoms with Gasteiger partial charge in [-0.05, 0) is 37.7 Å². The normalized spacial score (nSPS) is 17.5. The van der Waals surface area contributed by atoms with Gasteiger partial charge in [-0.15, -0.1) is 0 Å². The van der Waals surface area contributed by atoms with Gasteiger partial charge in [0.25, 0.3) is 0 Å². The first-order chi connectivity index (χ1) is 12.2. The highest BCUT2D eigenvalue weighted by Crippen LogP contribution is 2.21. The van der Waals surface area contributed by atoms with E-state index in [-0.39, 0.29) is 6.03 Å². The van der Waals surface area contributed by atoms with E-state index in [1.54, 1.807) is 0 Å². The lowest BCUT2D eigenvalue weighted by Gasteiger charge is -2.35. The second-order valence-corrected chi connectivity index (χ2v) is 6.80. The van der Waals surface area contributed by atoms with Crippen LogP contribution in [0, 0.1) is 0 Å². The summed E-state index contributed by atoms with van der Waals surface area (Å²) < 4.78 is 2.06. The van der Waals surface area contributed by atoms with Gasteiger partial charge in [0.15, 0.2) is 0 Å². The molecular weight excluding hydrogens is 312 g/mol. The highest BCUT2D eigenvalue weighted by molar-refractivity contribution is 5.74. The molecule has 0 unspecified atom stereocenters. The number of nitrogens with one attached hydrogen (secondary N) is 1. The molecule has 5 heteroatoms. The first-order valence-corrected chi connectivity index (χ1v) is 9.28.